The highest BCUT2D eigenvalue weighted by Gasteiger charge is 2.25. The predicted molar refractivity (Wildman–Crippen MR) is 57.9 cm³/mol. The SMILES string of the molecule is C#CCNC(=O)CN1N=C(C(=O)O)CCC1=O. The maximum Gasteiger partial charge on any atom is 0.352 e. The van der Waals surface area contributed by atoms with Crippen LogP contribution < -0.4 is 5.32 Å². The van der Waals surface area contributed by atoms with E-state index in [9.17, 15) is 14.4 Å². The number of rotatable bonds is 4. The van der Waals surface area contributed by atoms with Crippen LogP contribution in [-0.4, -0.2) is 46.7 Å². The molecule has 0 bridgehead atoms. The van der Waals surface area contributed by atoms with Gasteiger partial charge in [0.15, 0.2) is 0 Å². The Balaban J connectivity index is 2.65. The molecule has 17 heavy (non-hydrogen) atoms. The van der Waals surface area contributed by atoms with Crippen LogP contribution in [0.15, 0.2) is 5.10 Å². The maximum absolute atomic E-state index is 11.4. The Bertz CT molecular complexity index is 422. The maximum atomic E-state index is 11.4. The summed E-state index contributed by atoms with van der Waals surface area (Å²) in [7, 11) is 0. The fourth-order valence-corrected chi connectivity index (χ4v) is 1.22. The number of hydrogen-bond donors (Lipinski definition) is 2. The zero-order valence-electron chi connectivity index (χ0n) is 8.97. The van der Waals surface area contributed by atoms with Gasteiger partial charge in [-0.25, -0.2) is 9.80 Å². The van der Waals surface area contributed by atoms with Gasteiger partial charge in [0, 0.05) is 12.8 Å². The van der Waals surface area contributed by atoms with Crippen LogP contribution in [-0.2, 0) is 14.4 Å². The van der Waals surface area contributed by atoms with Crippen molar-refractivity contribution in [2.45, 2.75) is 12.8 Å². The number of amides is 2. The van der Waals surface area contributed by atoms with Gasteiger partial charge in [-0.3, -0.25) is 9.59 Å². The predicted octanol–water partition coefficient (Wildman–Crippen LogP) is -1.20. The van der Waals surface area contributed by atoms with Crippen LogP contribution in [0.25, 0.3) is 0 Å². The molecule has 0 saturated carbocycles. The number of carboxylic acids is 1. The number of aliphatic carboxylic acids is 1. The third-order valence-electron chi connectivity index (χ3n) is 2.03. The summed E-state index contributed by atoms with van der Waals surface area (Å²) in [4.78, 5) is 33.3. The summed E-state index contributed by atoms with van der Waals surface area (Å²) in [6, 6.07) is 0. The molecule has 1 heterocycles. The summed E-state index contributed by atoms with van der Waals surface area (Å²) in [5.41, 5.74) is -0.130. The average molecular weight is 237 g/mol. The first-order valence-electron chi connectivity index (χ1n) is 4.86. The number of carboxylic acid groups (broad SMARTS) is 1. The van der Waals surface area contributed by atoms with E-state index in [-0.39, 0.29) is 37.6 Å². The molecule has 0 aromatic heterocycles. The zero-order valence-corrected chi connectivity index (χ0v) is 8.97. The lowest BCUT2D eigenvalue weighted by atomic mass is 10.2. The molecule has 1 aliphatic heterocycles. The van der Waals surface area contributed by atoms with Crippen molar-refractivity contribution in [3.05, 3.63) is 0 Å². The molecule has 0 aliphatic carbocycles. The molecule has 0 saturated heterocycles. The number of carbonyl (C=O) groups is 3. The Morgan fingerprint density at radius 3 is 2.82 bits per heavy atom. The van der Waals surface area contributed by atoms with Crippen LogP contribution >= 0.6 is 0 Å². The van der Waals surface area contributed by atoms with Crippen molar-refractivity contribution in [2.24, 2.45) is 5.10 Å². The van der Waals surface area contributed by atoms with E-state index < -0.39 is 11.9 Å². The van der Waals surface area contributed by atoms with Gasteiger partial charge in [0.05, 0.1) is 6.54 Å². The molecular weight excluding hydrogens is 226 g/mol. The monoisotopic (exact) mass is 237 g/mol. The second-order valence-corrected chi connectivity index (χ2v) is 3.28. The fourth-order valence-electron chi connectivity index (χ4n) is 1.22. The molecule has 0 atom stereocenters. The van der Waals surface area contributed by atoms with Gasteiger partial charge in [-0.2, -0.15) is 5.10 Å². The second kappa shape index (κ2) is 5.65. The van der Waals surface area contributed by atoms with E-state index in [1.807, 2.05) is 0 Å². The second-order valence-electron chi connectivity index (χ2n) is 3.28. The first-order chi connectivity index (χ1) is 8.04. The van der Waals surface area contributed by atoms with E-state index in [4.69, 9.17) is 11.5 Å². The molecule has 0 aromatic carbocycles. The Kier molecular flexibility index (Phi) is 4.22. The Hall–Kier alpha value is -2.36. The minimum absolute atomic E-state index is 0.0353. The van der Waals surface area contributed by atoms with Crippen molar-refractivity contribution >= 4 is 23.5 Å². The number of nitrogens with one attached hydrogen (secondary N) is 1. The van der Waals surface area contributed by atoms with Crippen LogP contribution in [0.2, 0.25) is 0 Å². The summed E-state index contributed by atoms with van der Waals surface area (Å²) in [6.07, 6.45) is 5.06. The minimum Gasteiger partial charge on any atom is -0.477 e. The standard InChI is InChI=1S/C10H11N3O4/c1-2-5-11-8(14)6-13-9(15)4-3-7(12-13)10(16)17/h1H,3-6H2,(H,11,14)(H,16,17). The summed E-state index contributed by atoms with van der Waals surface area (Å²) in [6.45, 7) is -0.270. The van der Waals surface area contributed by atoms with Gasteiger partial charge in [-0.05, 0) is 0 Å². The minimum atomic E-state index is -1.19. The van der Waals surface area contributed by atoms with Crippen LogP contribution in [0.3, 0.4) is 0 Å². The number of carbonyl (C=O) groups excluding carboxylic acids is 2. The van der Waals surface area contributed by atoms with E-state index in [1.165, 1.54) is 0 Å². The molecule has 1 rings (SSSR count). The largest absolute Gasteiger partial charge is 0.477 e. The molecule has 0 unspecified atom stereocenters. The Morgan fingerprint density at radius 1 is 1.53 bits per heavy atom. The highest BCUT2D eigenvalue weighted by molar-refractivity contribution is 6.36. The van der Waals surface area contributed by atoms with E-state index >= 15 is 0 Å². The highest BCUT2D eigenvalue weighted by atomic mass is 16.4. The van der Waals surface area contributed by atoms with Gasteiger partial charge in [0.1, 0.15) is 12.3 Å². The lowest BCUT2D eigenvalue weighted by Gasteiger charge is -2.21. The fraction of sp³-hybridized carbons (Fsp3) is 0.400. The average Bonchev–Trinajstić information content (AvgIpc) is 2.29. The smallest absolute Gasteiger partial charge is 0.352 e. The summed E-state index contributed by atoms with van der Waals surface area (Å²) >= 11 is 0. The molecule has 0 fully saturated rings. The van der Waals surface area contributed by atoms with Gasteiger partial charge >= 0.3 is 5.97 Å². The quantitative estimate of drug-likeness (QED) is 0.600. The zero-order chi connectivity index (χ0) is 12.8. The first-order valence-corrected chi connectivity index (χ1v) is 4.86. The van der Waals surface area contributed by atoms with Gasteiger partial charge in [-0.15, -0.1) is 6.42 Å². The van der Waals surface area contributed by atoms with Crippen molar-refractivity contribution in [2.75, 3.05) is 13.1 Å². The topological polar surface area (TPSA) is 99.1 Å². The van der Waals surface area contributed by atoms with E-state index in [1.54, 1.807) is 0 Å². The normalized spacial score (nSPS) is 14.9. The number of hydrogen-bond acceptors (Lipinski definition) is 4. The molecule has 7 nitrogen and oxygen atoms in total. The third kappa shape index (κ3) is 3.61. The summed E-state index contributed by atoms with van der Waals surface area (Å²) < 4.78 is 0. The first kappa shape index (κ1) is 12.7. The van der Waals surface area contributed by atoms with Crippen molar-refractivity contribution in [3.63, 3.8) is 0 Å². The summed E-state index contributed by atoms with van der Waals surface area (Å²) in [5.74, 6) is 0.157. The number of terminal acetylenes is 1. The van der Waals surface area contributed by atoms with Crippen LogP contribution in [0.4, 0.5) is 0 Å². The molecule has 0 radical (unpaired) electrons. The van der Waals surface area contributed by atoms with E-state index in [2.05, 4.69) is 16.3 Å². The van der Waals surface area contributed by atoms with Crippen LogP contribution in [0, 0.1) is 12.3 Å². The molecule has 2 N–H and O–H groups in total. The molecular formula is C10H11N3O4. The van der Waals surface area contributed by atoms with Gasteiger partial charge in [0.25, 0.3) is 0 Å². The van der Waals surface area contributed by atoms with Gasteiger partial charge in [0.2, 0.25) is 11.8 Å². The number of hydrazone groups is 1. The number of nitrogens with zero attached hydrogens (tertiary/aromatic N) is 2. The van der Waals surface area contributed by atoms with Gasteiger partial charge in [-0.1, -0.05) is 5.92 Å². The van der Waals surface area contributed by atoms with Gasteiger partial charge < -0.3 is 10.4 Å². The molecule has 7 heteroatoms. The lowest BCUT2D eigenvalue weighted by molar-refractivity contribution is -0.137. The molecule has 0 aromatic rings. The van der Waals surface area contributed by atoms with Crippen molar-refractivity contribution in [1.82, 2.24) is 10.3 Å². The summed E-state index contributed by atoms with van der Waals surface area (Å²) in [5, 5.41) is 15.5. The lowest BCUT2D eigenvalue weighted by Crippen LogP contribution is -2.41. The van der Waals surface area contributed by atoms with Crippen molar-refractivity contribution in [3.8, 4) is 12.3 Å². The molecule has 2 amide bonds. The van der Waals surface area contributed by atoms with Crippen molar-refractivity contribution in [1.29, 1.82) is 0 Å². The molecule has 1 aliphatic rings. The van der Waals surface area contributed by atoms with Crippen molar-refractivity contribution < 1.29 is 19.5 Å². The molecule has 0 spiro atoms. The Labute approximate surface area is 97.5 Å². The van der Waals surface area contributed by atoms with Crippen LogP contribution in [0.1, 0.15) is 12.8 Å². The molecule has 90 valence electrons. The third-order valence-corrected chi connectivity index (χ3v) is 2.03. The van der Waals surface area contributed by atoms with Crippen LogP contribution in [0.5, 0.6) is 0 Å². The van der Waals surface area contributed by atoms with E-state index in [0.717, 1.165) is 5.01 Å². The highest BCUT2D eigenvalue weighted by Crippen LogP contribution is 2.08. The Morgan fingerprint density at radius 2 is 2.24 bits per heavy atom. The van der Waals surface area contributed by atoms with E-state index in [0.29, 0.717) is 0 Å².